The molecule has 0 saturated heterocycles. The average molecular weight is 448 g/mol. The van der Waals surface area contributed by atoms with Crippen LogP contribution in [0.25, 0.3) is 0 Å². The molecule has 31 heavy (non-hydrogen) atoms. The van der Waals surface area contributed by atoms with Crippen LogP contribution in [0.1, 0.15) is 58.3 Å². The van der Waals surface area contributed by atoms with Crippen LogP contribution in [0.2, 0.25) is 0 Å². The van der Waals surface area contributed by atoms with Crippen LogP contribution in [0.15, 0.2) is 0 Å². The van der Waals surface area contributed by atoms with Crippen molar-refractivity contribution in [3.63, 3.8) is 0 Å². The van der Waals surface area contributed by atoms with Crippen molar-refractivity contribution in [2.45, 2.75) is 64.5 Å². The van der Waals surface area contributed by atoms with E-state index in [2.05, 4.69) is 16.0 Å². The second-order valence-corrected chi connectivity index (χ2v) is 6.99. The molecule has 0 fully saturated rings. The molecule has 0 bridgehead atoms. The number of carboxylic acid groups (broad SMARTS) is 1. The van der Waals surface area contributed by atoms with Crippen LogP contribution in [-0.2, 0) is 24.0 Å². The molecular formula is C19H33FN4O7. The highest BCUT2D eigenvalue weighted by Gasteiger charge is 2.12. The van der Waals surface area contributed by atoms with Gasteiger partial charge in [0.25, 0.3) is 0 Å². The fraction of sp³-hybridized carbons (Fsp3) is 0.737. The van der Waals surface area contributed by atoms with E-state index in [1.54, 1.807) is 0 Å². The summed E-state index contributed by atoms with van der Waals surface area (Å²) in [6, 6.07) is 0. The number of aliphatic carboxylic acids is 1. The normalized spacial score (nSPS) is 11.3. The van der Waals surface area contributed by atoms with E-state index in [0.29, 0.717) is 30.9 Å². The van der Waals surface area contributed by atoms with Gasteiger partial charge < -0.3 is 21.1 Å². The number of carboxylic acids is 1. The average Bonchev–Trinajstić information content (AvgIpc) is 2.71. The van der Waals surface area contributed by atoms with E-state index < -0.39 is 18.0 Å². The lowest BCUT2D eigenvalue weighted by Crippen LogP contribution is -2.32. The maximum absolute atomic E-state index is 13.4. The number of carbonyl (C=O) groups excluding carboxylic acids is 4. The molecule has 5 N–H and O–H groups in total. The van der Waals surface area contributed by atoms with E-state index in [0.717, 1.165) is 0 Å². The lowest BCUT2D eigenvalue weighted by atomic mass is 10.2. The molecule has 0 aromatic heterocycles. The second kappa shape index (κ2) is 17.0. The monoisotopic (exact) mass is 448 g/mol. The first-order valence-electron chi connectivity index (χ1n) is 10.2. The Morgan fingerprint density at radius 3 is 2.06 bits per heavy atom. The molecule has 0 radical (unpaired) electrons. The highest BCUT2D eigenvalue weighted by Crippen LogP contribution is 2.01. The number of carbonyl (C=O) groups is 5. The van der Waals surface area contributed by atoms with Gasteiger partial charge in [0, 0.05) is 52.4 Å². The Bertz CT molecular complexity index is 604. The molecule has 0 spiro atoms. The van der Waals surface area contributed by atoms with E-state index in [-0.39, 0.29) is 69.5 Å². The summed E-state index contributed by atoms with van der Waals surface area (Å²) in [7, 11) is 0. The molecule has 0 aliphatic rings. The number of amides is 4. The Balaban J connectivity index is 3.66. The van der Waals surface area contributed by atoms with Gasteiger partial charge in [-0.05, 0) is 25.7 Å². The topological polar surface area (TPSA) is 165 Å². The van der Waals surface area contributed by atoms with Crippen LogP contribution < -0.4 is 16.0 Å². The minimum atomic E-state index is -1.26. The zero-order chi connectivity index (χ0) is 23.6. The van der Waals surface area contributed by atoms with Crippen molar-refractivity contribution in [3.05, 3.63) is 0 Å². The summed E-state index contributed by atoms with van der Waals surface area (Å²) < 4.78 is 13.4. The molecule has 0 aromatic carbocycles. The molecule has 4 amide bonds. The van der Waals surface area contributed by atoms with Crippen molar-refractivity contribution in [3.8, 4) is 0 Å². The van der Waals surface area contributed by atoms with E-state index >= 15 is 0 Å². The third kappa shape index (κ3) is 17.8. The van der Waals surface area contributed by atoms with Crippen LogP contribution in [0, 0.1) is 0 Å². The molecule has 178 valence electrons. The number of nitrogens with zero attached hydrogens (tertiary/aromatic N) is 1. The van der Waals surface area contributed by atoms with Crippen molar-refractivity contribution >= 4 is 29.6 Å². The first-order chi connectivity index (χ1) is 14.6. The van der Waals surface area contributed by atoms with Gasteiger partial charge in [-0.25, -0.2) is 9.45 Å². The Kier molecular flexibility index (Phi) is 15.5. The van der Waals surface area contributed by atoms with E-state index in [1.807, 2.05) is 0 Å². The summed E-state index contributed by atoms with van der Waals surface area (Å²) in [5, 5.41) is 26.0. The summed E-state index contributed by atoms with van der Waals surface area (Å²) in [5.74, 6) is -2.74. The Morgan fingerprint density at radius 1 is 0.871 bits per heavy atom. The minimum Gasteiger partial charge on any atom is -0.481 e. The van der Waals surface area contributed by atoms with Crippen LogP contribution in [0.3, 0.4) is 0 Å². The summed E-state index contributed by atoms with van der Waals surface area (Å²) in [5.41, 5.74) is 0. The van der Waals surface area contributed by atoms with Gasteiger partial charge in [0.05, 0.1) is 6.42 Å². The Labute approximate surface area is 180 Å². The van der Waals surface area contributed by atoms with Gasteiger partial charge in [-0.3, -0.25) is 29.2 Å². The van der Waals surface area contributed by atoms with Gasteiger partial charge in [-0.1, -0.05) is 0 Å². The van der Waals surface area contributed by atoms with Gasteiger partial charge in [-0.2, -0.15) is 0 Å². The molecule has 12 heteroatoms. The third-order valence-electron chi connectivity index (χ3n) is 4.14. The van der Waals surface area contributed by atoms with Gasteiger partial charge in [0.15, 0.2) is 0 Å². The zero-order valence-corrected chi connectivity index (χ0v) is 17.8. The van der Waals surface area contributed by atoms with Crippen molar-refractivity contribution in [1.82, 2.24) is 21.0 Å². The van der Waals surface area contributed by atoms with Gasteiger partial charge in [0.2, 0.25) is 23.6 Å². The van der Waals surface area contributed by atoms with Crippen molar-refractivity contribution in [2.75, 3.05) is 26.2 Å². The van der Waals surface area contributed by atoms with Crippen LogP contribution in [0.4, 0.5) is 4.39 Å². The first-order valence-corrected chi connectivity index (χ1v) is 10.2. The first kappa shape index (κ1) is 28.2. The quantitative estimate of drug-likeness (QED) is 0.120. The number of unbranched alkanes of at least 4 members (excludes halogenated alkanes) is 2. The Morgan fingerprint density at radius 2 is 1.48 bits per heavy atom. The van der Waals surface area contributed by atoms with E-state index in [1.165, 1.54) is 6.92 Å². The fourth-order valence-corrected chi connectivity index (χ4v) is 2.39. The molecule has 0 rings (SSSR count). The van der Waals surface area contributed by atoms with Gasteiger partial charge in [0.1, 0.15) is 6.17 Å². The van der Waals surface area contributed by atoms with Crippen LogP contribution >= 0.6 is 0 Å². The predicted molar refractivity (Wildman–Crippen MR) is 108 cm³/mol. The third-order valence-corrected chi connectivity index (χ3v) is 4.14. The van der Waals surface area contributed by atoms with Crippen molar-refractivity contribution < 1.29 is 38.7 Å². The van der Waals surface area contributed by atoms with Crippen molar-refractivity contribution in [1.29, 1.82) is 0 Å². The minimum absolute atomic E-state index is 0.000718. The number of rotatable bonds is 17. The summed E-state index contributed by atoms with van der Waals surface area (Å²) in [6.45, 7) is 1.76. The number of hydrogen-bond acceptors (Lipinski definition) is 6. The zero-order valence-electron chi connectivity index (χ0n) is 17.8. The maximum atomic E-state index is 13.4. The molecule has 0 aromatic rings. The van der Waals surface area contributed by atoms with E-state index in [9.17, 15) is 33.6 Å². The number of hydroxylamine groups is 2. The van der Waals surface area contributed by atoms with Crippen LogP contribution in [-0.4, -0.2) is 77.3 Å². The molecule has 0 aliphatic carbocycles. The molecule has 0 aliphatic heterocycles. The lowest BCUT2D eigenvalue weighted by molar-refractivity contribution is -0.166. The summed E-state index contributed by atoms with van der Waals surface area (Å²) in [6.07, 6.45) is -0.0802. The SMILES string of the molecule is CC(=O)NCC(F)CCNC(=O)CCC(=O)NCCCCCN(O)C(=O)CCC(=O)O. The van der Waals surface area contributed by atoms with Gasteiger partial charge in [-0.15, -0.1) is 0 Å². The second-order valence-electron chi connectivity index (χ2n) is 6.99. The molecule has 11 nitrogen and oxygen atoms in total. The van der Waals surface area contributed by atoms with Crippen LogP contribution in [0.5, 0.6) is 0 Å². The molecule has 1 atom stereocenters. The number of nitrogens with one attached hydrogen (secondary N) is 3. The van der Waals surface area contributed by atoms with E-state index in [4.69, 9.17) is 5.11 Å². The predicted octanol–water partition coefficient (Wildman–Crippen LogP) is 0.116. The smallest absolute Gasteiger partial charge is 0.303 e. The number of alkyl halides is 1. The highest BCUT2D eigenvalue weighted by atomic mass is 19.1. The maximum Gasteiger partial charge on any atom is 0.303 e. The molecule has 0 heterocycles. The summed E-state index contributed by atoms with van der Waals surface area (Å²) in [4.78, 5) is 55.8. The molecular weight excluding hydrogens is 415 g/mol. The molecule has 0 saturated carbocycles. The van der Waals surface area contributed by atoms with Gasteiger partial charge >= 0.3 is 5.97 Å². The van der Waals surface area contributed by atoms with Crippen molar-refractivity contribution in [2.24, 2.45) is 0 Å². The lowest BCUT2D eigenvalue weighted by Gasteiger charge is -2.14. The standard InChI is InChI=1S/C19H33FN4O7/c1-14(25)23-13-15(20)9-11-22-17(27)6-5-16(26)21-10-3-2-4-12-24(31)18(28)7-8-19(29)30/h15,31H,2-13H2,1H3,(H,21,26)(H,22,27)(H,23,25)(H,29,30). The highest BCUT2D eigenvalue weighted by molar-refractivity contribution is 5.83. The summed E-state index contributed by atoms with van der Waals surface area (Å²) >= 11 is 0. The fourth-order valence-electron chi connectivity index (χ4n) is 2.39. The number of halogens is 1. The Hall–Kier alpha value is -2.76. The molecule has 1 unspecified atom stereocenters. The largest absolute Gasteiger partial charge is 0.481 e. The number of hydrogen-bond donors (Lipinski definition) is 5.